The lowest BCUT2D eigenvalue weighted by atomic mass is 10.1. The van der Waals surface area contributed by atoms with Crippen LogP contribution in [0.1, 0.15) is 45.4 Å². The molecule has 4 heteroatoms. The molecule has 17 heavy (non-hydrogen) atoms. The number of hydrogen-bond acceptors (Lipinski definition) is 3. The van der Waals surface area contributed by atoms with Crippen molar-refractivity contribution in [2.75, 3.05) is 13.1 Å². The molecule has 2 fully saturated rings. The van der Waals surface area contributed by atoms with Gasteiger partial charge >= 0.3 is 5.97 Å². The fraction of sp³-hybridized carbons (Fsp3) is 0.923. The Morgan fingerprint density at radius 1 is 1.29 bits per heavy atom. The van der Waals surface area contributed by atoms with Crippen molar-refractivity contribution in [2.24, 2.45) is 0 Å². The van der Waals surface area contributed by atoms with Crippen molar-refractivity contribution in [3.63, 3.8) is 0 Å². The molecule has 0 aliphatic carbocycles. The SMILES string of the molecule is CC1CCC(CN2CCCCCC2C(=O)O)O1. The maximum Gasteiger partial charge on any atom is 0.320 e. The van der Waals surface area contributed by atoms with E-state index >= 15 is 0 Å². The highest BCUT2D eigenvalue weighted by atomic mass is 16.5. The number of ether oxygens (including phenoxy) is 1. The van der Waals surface area contributed by atoms with Crippen molar-refractivity contribution in [3.8, 4) is 0 Å². The lowest BCUT2D eigenvalue weighted by molar-refractivity contribution is -0.144. The van der Waals surface area contributed by atoms with Gasteiger partial charge in [0.15, 0.2) is 0 Å². The van der Waals surface area contributed by atoms with Crippen LogP contribution >= 0.6 is 0 Å². The molecule has 1 N–H and O–H groups in total. The summed E-state index contributed by atoms with van der Waals surface area (Å²) in [4.78, 5) is 13.4. The molecule has 2 aliphatic heterocycles. The zero-order chi connectivity index (χ0) is 12.3. The molecule has 3 unspecified atom stereocenters. The molecule has 0 bridgehead atoms. The topological polar surface area (TPSA) is 49.8 Å². The monoisotopic (exact) mass is 241 g/mol. The number of rotatable bonds is 3. The highest BCUT2D eigenvalue weighted by molar-refractivity contribution is 5.73. The number of carbonyl (C=O) groups is 1. The van der Waals surface area contributed by atoms with E-state index in [9.17, 15) is 9.90 Å². The Morgan fingerprint density at radius 3 is 2.76 bits per heavy atom. The Balaban J connectivity index is 1.92. The van der Waals surface area contributed by atoms with Gasteiger partial charge in [0.25, 0.3) is 0 Å². The van der Waals surface area contributed by atoms with Gasteiger partial charge in [-0.2, -0.15) is 0 Å². The third kappa shape index (κ3) is 3.42. The molecule has 0 aromatic rings. The second kappa shape index (κ2) is 5.83. The summed E-state index contributed by atoms with van der Waals surface area (Å²) in [5.74, 6) is -0.669. The summed E-state index contributed by atoms with van der Waals surface area (Å²) in [6.45, 7) is 3.80. The molecular formula is C13H23NO3. The van der Waals surface area contributed by atoms with Gasteiger partial charge in [0.2, 0.25) is 0 Å². The Labute approximate surface area is 103 Å². The van der Waals surface area contributed by atoms with Gasteiger partial charge in [-0.25, -0.2) is 0 Å². The third-order valence-corrected chi connectivity index (χ3v) is 3.91. The number of aliphatic carboxylic acids is 1. The molecule has 0 saturated carbocycles. The lowest BCUT2D eigenvalue weighted by Crippen LogP contribution is -2.44. The number of hydrogen-bond donors (Lipinski definition) is 1. The molecular weight excluding hydrogens is 218 g/mol. The standard InChI is InChI=1S/C13H23NO3/c1-10-6-7-11(17-10)9-14-8-4-2-3-5-12(14)13(15)16/h10-12H,2-9H2,1H3,(H,15,16). The van der Waals surface area contributed by atoms with Crippen molar-refractivity contribution in [1.29, 1.82) is 0 Å². The van der Waals surface area contributed by atoms with E-state index in [1.807, 2.05) is 0 Å². The van der Waals surface area contributed by atoms with E-state index in [0.29, 0.717) is 6.10 Å². The van der Waals surface area contributed by atoms with Gasteiger partial charge in [-0.15, -0.1) is 0 Å². The fourth-order valence-corrected chi connectivity index (χ4v) is 2.95. The van der Waals surface area contributed by atoms with Crippen molar-refractivity contribution in [2.45, 2.75) is 63.7 Å². The highest BCUT2D eigenvalue weighted by Gasteiger charge is 2.31. The normalized spacial score (nSPS) is 35.7. The zero-order valence-electron chi connectivity index (χ0n) is 10.6. The smallest absolute Gasteiger partial charge is 0.320 e. The number of nitrogens with zero attached hydrogens (tertiary/aromatic N) is 1. The van der Waals surface area contributed by atoms with Crippen molar-refractivity contribution < 1.29 is 14.6 Å². The van der Waals surface area contributed by atoms with Gasteiger partial charge in [0.05, 0.1) is 12.2 Å². The van der Waals surface area contributed by atoms with Crippen LogP contribution in [0.5, 0.6) is 0 Å². The molecule has 98 valence electrons. The number of likely N-dealkylation sites (tertiary alicyclic amines) is 1. The molecule has 2 heterocycles. The van der Waals surface area contributed by atoms with Crippen LogP contribution in [0.25, 0.3) is 0 Å². The second-order valence-corrected chi connectivity index (χ2v) is 5.34. The molecule has 0 aromatic carbocycles. The molecule has 2 rings (SSSR count). The largest absolute Gasteiger partial charge is 0.480 e. The first-order chi connectivity index (χ1) is 8.16. The van der Waals surface area contributed by atoms with E-state index in [1.54, 1.807) is 0 Å². The van der Waals surface area contributed by atoms with Gasteiger partial charge in [-0.1, -0.05) is 12.8 Å². The van der Waals surface area contributed by atoms with Crippen LogP contribution in [0.15, 0.2) is 0 Å². The first kappa shape index (κ1) is 12.8. The maximum atomic E-state index is 11.3. The van der Waals surface area contributed by atoms with Crippen LogP contribution in [0.4, 0.5) is 0 Å². The van der Waals surface area contributed by atoms with Gasteiger partial charge in [-0.05, 0) is 39.2 Å². The minimum Gasteiger partial charge on any atom is -0.480 e. The van der Waals surface area contributed by atoms with Crippen LogP contribution in [0, 0.1) is 0 Å². The maximum absolute atomic E-state index is 11.3. The molecule has 4 nitrogen and oxygen atoms in total. The lowest BCUT2D eigenvalue weighted by Gasteiger charge is -2.29. The van der Waals surface area contributed by atoms with Crippen molar-refractivity contribution in [1.82, 2.24) is 4.90 Å². The summed E-state index contributed by atoms with van der Waals surface area (Å²) >= 11 is 0. The van der Waals surface area contributed by atoms with Gasteiger partial charge in [0, 0.05) is 6.54 Å². The van der Waals surface area contributed by atoms with Crippen molar-refractivity contribution in [3.05, 3.63) is 0 Å². The summed E-state index contributed by atoms with van der Waals surface area (Å²) in [5.41, 5.74) is 0. The summed E-state index contributed by atoms with van der Waals surface area (Å²) in [5, 5.41) is 9.28. The Hall–Kier alpha value is -0.610. The molecule has 0 radical (unpaired) electrons. The van der Waals surface area contributed by atoms with E-state index in [1.165, 1.54) is 0 Å². The third-order valence-electron chi connectivity index (χ3n) is 3.91. The van der Waals surface area contributed by atoms with Crippen LogP contribution in [-0.2, 0) is 9.53 Å². The molecule has 3 atom stereocenters. The second-order valence-electron chi connectivity index (χ2n) is 5.34. The fourth-order valence-electron chi connectivity index (χ4n) is 2.95. The minimum absolute atomic E-state index is 0.241. The zero-order valence-corrected chi connectivity index (χ0v) is 10.6. The van der Waals surface area contributed by atoms with E-state index in [4.69, 9.17) is 4.74 Å². The molecule has 2 saturated heterocycles. The van der Waals surface area contributed by atoms with E-state index in [0.717, 1.165) is 51.6 Å². The van der Waals surface area contributed by atoms with Crippen LogP contribution in [-0.4, -0.2) is 47.3 Å². The quantitative estimate of drug-likeness (QED) is 0.819. The van der Waals surface area contributed by atoms with E-state index < -0.39 is 5.97 Å². The number of carboxylic acid groups (broad SMARTS) is 1. The average molecular weight is 241 g/mol. The van der Waals surface area contributed by atoms with E-state index in [2.05, 4.69) is 11.8 Å². The molecule has 2 aliphatic rings. The summed E-state index contributed by atoms with van der Waals surface area (Å²) in [6.07, 6.45) is 6.86. The first-order valence-corrected chi connectivity index (χ1v) is 6.79. The summed E-state index contributed by atoms with van der Waals surface area (Å²) < 4.78 is 5.80. The van der Waals surface area contributed by atoms with E-state index in [-0.39, 0.29) is 12.1 Å². The van der Waals surface area contributed by atoms with Crippen LogP contribution < -0.4 is 0 Å². The molecule has 0 spiro atoms. The van der Waals surface area contributed by atoms with Crippen LogP contribution in [0.2, 0.25) is 0 Å². The Bertz CT molecular complexity index is 269. The Kier molecular flexibility index (Phi) is 4.40. The summed E-state index contributed by atoms with van der Waals surface area (Å²) in [7, 11) is 0. The van der Waals surface area contributed by atoms with Crippen LogP contribution in [0.3, 0.4) is 0 Å². The molecule has 0 amide bonds. The number of carboxylic acids is 1. The average Bonchev–Trinajstić information content (AvgIpc) is 2.55. The predicted octanol–water partition coefficient (Wildman–Crippen LogP) is 1.88. The first-order valence-electron chi connectivity index (χ1n) is 6.79. The van der Waals surface area contributed by atoms with Gasteiger partial charge < -0.3 is 9.84 Å². The summed E-state index contributed by atoms with van der Waals surface area (Å²) in [6, 6.07) is -0.294. The van der Waals surface area contributed by atoms with Gasteiger partial charge in [-0.3, -0.25) is 9.69 Å². The Morgan fingerprint density at radius 2 is 2.12 bits per heavy atom. The minimum atomic E-state index is -0.669. The van der Waals surface area contributed by atoms with Crippen molar-refractivity contribution >= 4 is 5.97 Å². The van der Waals surface area contributed by atoms with Gasteiger partial charge in [0.1, 0.15) is 6.04 Å². The molecule has 0 aromatic heterocycles. The predicted molar refractivity (Wildman–Crippen MR) is 65.0 cm³/mol. The highest BCUT2D eigenvalue weighted by Crippen LogP contribution is 2.23.